The van der Waals surface area contributed by atoms with Crippen molar-refractivity contribution in [3.8, 4) is 0 Å². The van der Waals surface area contributed by atoms with E-state index in [0.717, 1.165) is 11.3 Å². The first-order chi connectivity index (χ1) is 7.59. The molecule has 0 fully saturated rings. The minimum Gasteiger partial charge on any atom is -0.336 e. The number of hydrogen-bond acceptors (Lipinski definition) is 2. The van der Waals surface area contributed by atoms with Crippen LogP contribution in [0, 0.1) is 0 Å². The lowest BCUT2D eigenvalue weighted by Gasteiger charge is -2.13. The van der Waals surface area contributed by atoms with Gasteiger partial charge in [0, 0.05) is 7.05 Å². The third-order valence-corrected chi connectivity index (χ3v) is 3.21. The molecule has 0 radical (unpaired) electrons. The quantitative estimate of drug-likeness (QED) is 0.897. The van der Waals surface area contributed by atoms with E-state index in [4.69, 9.17) is 28.9 Å². The molecule has 0 aliphatic heterocycles. The maximum Gasteiger partial charge on any atom is 0.0946 e. The SMILES string of the molecule is Cn1cncc1C(N)c1ccc(Cl)c(Cl)c1. The van der Waals surface area contributed by atoms with Gasteiger partial charge in [-0.05, 0) is 17.7 Å². The summed E-state index contributed by atoms with van der Waals surface area (Å²) in [5, 5.41) is 1.04. The maximum atomic E-state index is 6.12. The fourth-order valence-electron chi connectivity index (χ4n) is 1.54. The molecule has 16 heavy (non-hydrogen) atoms. The molecule has 0 saturated carbocycles. The Morgan fingerprint density at radius 3 is 2.62 bits per heavy atom. The van der Waals surface area contributed by atoms with Gasteiger partial charge in [0.25, 0.3) is 0 Å². The number of benzene rings is 1. The molecule has 2 aromatic rings. The summed E-state index contributed by atoms with van der Waals surface area (Å²) >= 11 is 11.8. The fourth-order valence-corrected chi connectivity index (χ4v) is 1.85. The number of nitrogens with two attached hydrogens (primary N) is 1. The second kappa shape index (κ2) is 4.45. The second-order valence-corrected chi connectivity index (χ2v) is 4.40. The predicted octanol–water partition coefficient (Wildman–Crippen LogP) is 2.78. The molecule has 0 bridgehead atoms. The zero-order valence-electron chi connectivity index (χ0n) is 8.69. The standard InChI is InChI=1S/C11H11Cl2N3/c1-16-6-15-5-10(16)11(14)7-2-3-8(12)9(13)4-7/h2-6,11H,14H2,1H3. The molecule has 2 N–H and O–H groups in total. The summed E-state index contributed by atoms with van der Waals surface area (Å²) in [4.78, 5) is 4.03. The molecule has 1 heterocycles. The minimum absolute atomic E-state index is 0.248. The number of nitrogens with zero attached hydrogens (tertiary/aromatic N) is 2. The summed E-state index contributed by atoms with van der Waals surface area (Å²) in [6, 6.07) is 5.14. The minimum atomic E-state index is -0.248. The van der Waals surface area contributed by atoms with Crippen molar-refractivity contribution in [1.82, 2.24) is 9.55 Å². The number of aromatic nitrogens is 2. The molecule has 0 aliphatic rings. The number of rotatable bonds is 2. The zero-order chi connectivity index (χ0) is 11.7. The largest absolute Gasteiger partial charge is 0.336 e. The Kier molecular flexibility index (Phi) is 3.19. The number of aryl methyl sites for hydroxylation is 1. The monoisotopic (exact) mass is 255 g/mol. The van der Waals surface area contributed by atoms with E-state index < -0.39 is 0 Å². The van der Waals surface area contributed by atoms with E-state index in [9.17, 15) is 0 Å². The summed E-state index contributed by atoms with van der Waals surface area (Å²) in [6.45, 7) is 0. The first-order valence-electron chi connectivity index (χ1n) is 4.76. The van der Waals surface area contributed by atoms with Crippen LogP contribution in [0.25, 0.3) is 0 Å². The van der Waals surface area contributed by atoms with Gasteiger partial charge >= 0.3 is 0 Å². The van der Waals surface area contributed by atoms with E-state index >= 15 is 0 Å². The van der Waals surface area contributed by atoms with Crippen LogP contribution in [0.1, 0.15) is 17.3 Å². The molecule has 1 unspecified atom stereocenters. The Bertz CT molecular complexity index is 508. The van der Waals surface area contributed by atoms with Crippen LogP contribution in [-0.2, 0) is 7.05 Å². The van der Waals surface area contributed by atoms with Crippen molar-refractivity contribution in [3.63, 3.8) is 0 Å². The van der Waals surface area contributed by atoms with Crippen molar-refractivity contribution in [2.45, 2.75) is 6.04 Å². The third kappa shape index (κ3) is 2.07. The highest BCUT2D eigenvalue weighted by Crippen LogP contribution is 2.27. The molecule has 1 aromatic heterocycles. The van der Waals surface area contributed by atoms with Crippen LogP contribution >= 0.6 is 23.2 Å². The fraction of sp³-hybridized carbons (Fsp3) is 0.182. The van der Waals surface area contributed by atoms with Crippen LogP contribution in [-0.4, -0.2) is 9.55 Å². The second-order valence-electron chi connectivity index (χ2n) is 3.58. The number of hydrogen-bond donors (Lipinski definition) is 1. The van der Waals surface area contributed by atoms with Crippen LogP contribution < -0.4 is 5.73 Å². The molecule has 1 aromatic carbocycles. The van der Waals surface area contributed by atoms with Crippen LogP contribution in [0.5, 0.6) is 0 Å². The Hall–Kier alpha value is -1.03. The van der Waals surface area contributed by atoms with Gasteiger partial charge < -0.3 is 10.3 Å². The summed E-state index contributed by atoms with van der Waals surface area (Å²) in [6.07, 6.45) is 3.46. The van der Waals surface area contributed by atoms with Gasteiger partial charge in [-0.25, -0.2) is 4.98 Å². The lowest BCUT2D eigenvalue weighted by atomic mass is 10.1. The average Bonchev–Trinajstić information content (AvgIpc) is 2.67. The molecule has 0 saturated heterocycles. The molecule has 1 atom stereocenters. The van der Waals surface area contributed by atoms with Crippen molar-refractivity contribution >= 4 is 23.2 Å². The zero-order valence-corrected chi connectivity index (χ0v) is 10.2. The highest BCUT2D eigenvalue weighted by molar-refractivity contribution is 6.42. The van der Waals surface area contributed by atoms with E-state index in [-0.39, 0.29) is 6.04 Å². The molecule has 5 heteroatoms. The maximum absolute atomic E-state index is 6.12. The smallest absolute Gasteiger partial charge is 0.0946 e. The molecule has 3 nitrogen and oxygen atoms in total. The summed E-state index contributed by atoms with van der Waals surface area (Å²) in [7, 11) is 1.90. The molecule has 0 amide bonds. The first kappa shape index (κ1) is 11.5. The molecule has 0 spiro atoms. The van der Waals surface area contributed by atoms with E-state index in [1.807, 2.05) is 17.7 Å². The summed E-state index contributed by atoms with van der Waals surface area (Å²) in [5.74, 6) is 0. The van der Waals surface area contributed by atoms with E-state index in [1.165, 1.54) is 0 Å². The van der Waals surface area contributed by atoms with Gasteiger partial charge in [-0.1, -0.05) is 29.3 Å². The molecule has 2 rings (SSSR count). The Morgan fingerprint density at radius 2 is 2.06 bits per heavy atom. The van der Waals surface area contributed by atoms with Gasteiger partial charge in [0.05, 0.1) is 34.3 Å². The molecular weight excluding hydrogens is 245 g/mol. The summed E-state index contributed by atoms with van der Waals surface area (Å²) in [5.41, 5.74) is 7.96. The van der Waals surface area contributed by atoms with Crippen LogP contribution in [0.3, 0.4) is 0 Å². The predicted molar refractivity (Wildman–Crippen MR) is 65.7 cm³/mol. The van der Waals surface area contributed by atoms with E-state index in [0.29, 0.717) is 10.0 Å². The number of imidazole rings is 1. The van der Waals surface area contributed by atoms with Crippen molar-refractivity contribution in [2.75, 3.05) is 0 Å². The van der Waals surface area contributed by atoms with Gasteiger partial charge in [0.2, 0.25) is 0 Å². The van der Waals surface area contributed by atoms with Gasteiger partial charge in [-0.2, -0.15) is 0 Å². The lowest BCUT2D eigenvalue weighted by molar-refractivity contribution is 0.746. The number of halogens is 2. The summed E-state index contributed by atoms with van der Waals surface area (Å²) < 4.78 is 1.88. The topological polar surface area (TPSA) is 43.8 Å². The first-order valence-corrected chi connectivity index (χ1v) is 5.52. The van der Waals surface area contributed by atoms with Gasteiger partial charge in [0.15, 0.2) is 0 Å². The van der Waals surface area contributed by atoms with Crippen molar-refractivity contribution in [2.24, 2.45) is 12.8 Å². The molecule has 0 aliphatic carbocycles. The lowest BCUT2D eigenvalue weighted by Crippen LogP contribution is -2.15. The molecular formula is C11H11Cl2N3. The van der Waals surface area contributed by atoms with Crippen LogP contribution in [0.15, 0.2) is 30.7 Å². The van der Waals surface area contributed by atoms with Gasteiger partial charge in [-0.3, -0.25) is 0 Å². The average molecular weight is 256 g/mol. The Morgan fingerprint density at radius 1 is 1.31 bits per heavy atom. The van der Waals surface area contributed by atoms with Crippen molar-refractivity contribution in [3.05, 3.63) is 52.0 Å². The normalized spacial score (nSPS) is 12.8. The molecule has 84 valence electrons. The van der Waals surface area contributed by atoms with Crippen LogP contribution in [0.2, 0.25) is 10.0 Å². The van der Waals surface area contributed by atoms with Crippen molar-refractivity contribution < 1.29 is 0 Å². The van der Waals surface area contributed by atoms with Gasteiger partial charge in [-0.15, -0.1) is 0 Å². The van der Waals surface area contributed by atoms with Crippen LogP contribution in [0.4, 0.5) is 0 Å². The van der Waals surface area contributed by atoms with E-state index in [1.54, 1.807) is 24.7 Å². The highest BCUT2D eigenvalue weighted by atomic mass is 35.5. The van der Waals surface area contributed by atoms with Gasteiger partial charge in [0.1, 0.15) is 0 Å². The highest BCUT2D eigenvalue weighted by Gasteiger charge is 2.13. The van der Waals surface area contributed by atoms with Crippen molar-refractivity contribution in [1.29, 1.82) is 0 Å². The van der Waals surface area contributed by atoms with E-state index in [2.05, 4.69) is 4.98 Å². The third-order valence-electron chi connectivity index (χ3n) is 2.48. The Balaban J connectivity index is 2.38. The Labute approximate surface area is 104 Å².